The Morgan fingerprint density at radius 2 is 1.55 bits per heavy atom. The van der Waals surface area contributed by atoms with Gasteiger partial charge >= 0.3 is 0 Å². The molecule has 0 aromatic heterocycles. The first-order valence-corrected chi connectivity index (χ1v) is 4.19. The van der Waals surface area contributed by atoms with Crippen molar-refractivity contribution in [3.63, 3.8) is 0 Å². The molecule has 0 saturated carbocycles. The first-order chi connectivity index (χ1) is 4.63. The minimum atomic E-state index is -1.78. The van der Waals surface area contributed by atoms with E-state index in [1.807, 2.05) is 0 Å². The maximum Gasteiger partial charge on any atom is 0.240 e. The van der Waals surface area contributed by atoms with E-state index < -0.39 is 15.7 Å². The molecule has 0 aliphatic carbocycles. The highest BCUT2D eigenvalue weighted by Crippen LogP contribution is 2.32. The normalized spacial score (nSPS) is 16.6. The SMILES string of the molecule is CC(C)(C)OC(O)C(Cl)(Cl)Cl. The Morgan fingerprint density at radius 1 is 1.18 bits per heavy atom. The number of aliphatic hydroxyl groups is 1. The van der Waals surface area contributed by atoms with Crippen molar-refractivity contribution in [2.75, 3.05) is 0 Å². The Labute approximate surface area is 81.4 Å². The Kier molecular flexibility index (Phi) is 3.93. The van der Waals surface area contributed by atoms with Gasteiger partial charge in [-0.3, -0.25) is 0 Å². The molecule has 0 aliphatic heterocycles. The predicted octanol–water partition coefficient (Wildman–Crippen LogP) is 2.49. The summed E-state index contributed by atoms with van der Waals surface area (Å²) in [5.74, 6) is 0. The number of hydrogen-bond donors (Lipinski definition) is 1. The van der Waals surface area contributed by atoms with Crippen LogP contribution < -0.4 is 0 Å². The lowest BCUT2D eigenvalue weighted by atomic mass is 10.2. The second-order valence-corrected chi connectivity index (χ2v) is 5.49. The van der Waals surface area contributed by atoms with Crippen LogP contribution in [0.3, 0.4) is 0 Å². The zero-order valence-electron chi connectivity index (χ0n) is 6.57. The molecule has 0 aliphatic rings. The van der Waals surface area contributed by atoms with E-state index in [9.17, 15) is 0 Å². The molecular formula is C6H11Cl3O2. The van der Waals surface area contributed by atoms with Crippen molar-refractivity contribution in [2.45, 2.75) is 36.5 Å². The third-order valence-corrected chi connectivity index (χ3v) is 1.31. The molecule has 0 spiro atoms. The van der Waals surface area contributed by atoms with Gasteiger partial charge in [0.15, 0.2) is 0 Å². The van der Waals surface area contributed by atoms with Crippen molar-refractivity contribution in [1.82, 2.24) is 0 Å². The molecule has 1 N–H and O–H groups in total. The monoisotopic (exact) mass is 220 g/mol. The quantitative estimate of drug-likeness (QED) is 0.544. The van der Waals surface area contributed by atoms with E-state index in [1.165, 1.54) is 0 Å². The van der Waals surface area contributed by atoms with E-state index >= 15 is 0 Å². The fourth-order valence-corrected chi connectivity index (χ4v) is 0.535. The topological polar surface area (TPSA) is 29.5 Å². The van der Waals surface area contributed by atoms with Gasteiger partial charge in [0.2, 0.25) is 10.1 Å². The number of halogens is 3. The summed E-state index contributed by atoms with van der Waals surface area (Å²) in [5.41, 5.74) is -0.524. The van der Waals surface area contributed by atoms with E-state index in [1.54, 1.807) is 20.8 Å². The van der Waals surface area contributed by atoms with Crippen molar-refractivity contribution in [1.29, 1.82) is 0 Å². The molecule has 1 atom stereocenters. The van der Waals surface area contributed by atoms with E-state index in [0.717, 1.165) is 0 Å². The molecule has 0 rings (SSSR count). The highest BCUT2D eigenvalue weighted by molar-refractivity contribution is 6.67. The second kappa shape index (κ2) is 3.67. The van der Waals surface area contributed by atoms with Crippen LogP contribution in [0.5, 0.6) is 0 Å². The molecule has 2 nitrogen and oxygen atoms in total. The molecule has 0 heterocycles. The fraction of sp³-hybridized carbons (Fsp3) is 1.00. The van der Waals surface area contributed by atoms with Gasteiger partial charge in [-0.15, -0.1) is 0 Å². The number of rotatable bonds is 1. The molecule has 0 saturated heterocycles. The van der Waals surface area contributed by atoms with Crippen LogP contribution in [0.2, 0.25) is 0 Å². The summed E-state index contributed by atoms with van der Waals surface area (Å²) >= 11 is 16.0. The van der Waals surface area contributed by atoms with E-state index in [0.29, 0.717) is 0 Å². The van der Waals surface area contributed by atoms with Crippen LogP contribution in [0.4, 0.5) is 0 Å². The molecule has 0 fully saturated rings. The molecule has 0 amide bonds. The van der Waals surface area contributed by atoms with Gasteiger partial charge in [-0.05, 0) is 20.8 Å². The zero-order valence-corrected chi connectivity index (χ0v) is 8.83. The van der Waals surface area contributed by atoms with Gasteiger partial charge in [-0.25, -0.2) is 0 Å². The molecule has 11 heavy (non-hydrogen) atoms. The van der Waals surface area contributed by atoms with Crippen LogP contribution in [0, 0.1) is 0 Å². The average Bonchev–Trinajstić information content (AvgIpc) is 1.56. The van der Waals surface area contributed by atoms with Crippen LogP contribution >= 0.6 is 34.8 Å². The summed E-state index contributed by atoms with van der Waals surface area (Å²) in [4.78, 5) is 0. The van der Waals surface area contributed by atoms with Crippen LogP contribution in [0.25, 0.3) is 0 Å². The lowest BCUT2D eigenvalue weighted by Gasteiger charge is -2.27. The van der Waals surface area contributed by atoms with Gasteiger partial charge in [0.1, 0.15) is 0 Å². The van der Waals surface area contributed by atoms with Gasteiger partial charge in [0, 0.05) is 0 Å². The van der Waals surface area contributed by atoms with Crippen molar-refractivity contribution in [3.8, 4) is 0 Å². The second-order valence-electron chi connectivity index (χ2n) is 3.12. The van der Waals surface area contributed by atoms with E-state index in [2.05, 4.69) is 0 Å². The molecule has 0 radical (unpaired) electrons. The number of hydrogen-bond acceptors (Lipinski definition) is 2. The maximum absolute atomic E-state index is 9.10. The lowest BCUT2D eigenvalue weighted by molar-refractivity contribution is -0.162. The minimum Gasteiger partial charge on any atom is -0.365 e. The Bertz CT molecular complexity index is 125. The van der Waals surface area contributed by atoms with Gasteiger partial charge in [-0.1, -0.05) is 34.8 Å². The fourth-order valence-electron chi connectivity index (χ4n) is 0.402. The first-order valence-electron chi connectivity index (χ1n) is 3.05. The largest absolute Gasteiger partial charge is 0.365 e. The number of alkyl halides is 3. The third-order valence-electron chi connectivity index (χ3n) is 0.745. The first kappa shape index (κ1) is 11.8. The van der Waals surface area contributed by atoms with Crippen molar-refractivity contribution >= 4 is 34.8 Å². The molecule has 0 bridgehead atoms. The molecule has 1 unspecified atom stereocenters. The van der Waals surface area contributed by atoms with E-state index in [-0.39, 0.29) is 0 Å². The lowest BCUT2D eigenvalue weighted by Crippen LogP contribution is -2.35. The standard InChI is InChI=1S/C6H11Cl3O2/c1-5(2,3)11-4(10)6(7,8)9/h4,10H,1-3H3. The number of ether oxygens (including phenoxy) is 1. The van der Waals surface area contributed by atoms with Crippen LogP contribution in [0.1, 0.15) is 20.8 Å². The summed E-state index contributed by atoms with van der Waals surface area (Å²) in [6.45, 7) is 5.27. The highest BCUT2D eigenvalue weighted by Gasteiger charge is 2.34. The van der Waals surface area contributed by atoms with Crippen LogP contribution in [-0.2, 0) is 4.74 Å². The molecule has 0 aromatic carbocycles. The Morgan fingerprint density at radius 3 is 1.64 bits per heavy atom. The summed E-state index contributed by atoms with van der Waals surface area (Å²) in [6, 6.07) is 0. The summed E-state index contributed by atoms with van der Waals surface area (Å²) in [5, 5.41) is 9.10. The van der Waals surface area contributed by atoms with Crippen LogP contribution in [0.15, 0.2) is 0 Å². The molecule has 68 valence electrons. The summed E-state index contributed by atoms with van der Waals surface area (Å²) in [7, 11) is 0. The van der Waals surface area contributed by atoms with Gasteiger partial charge in [0.05, 0.1) is 5.60 Å². The number of aliphatic hydroxyl groups excluding tert-OH is 1. The average molecular weight is 222 g/mol. The molecule has 0 aromatic rings. The summed E-state index contributed by atoms with van der Waals surface area (Å²) < 4.78 is 3.18. The Balaban J connectivity index is 3.99. The smallest absolute Gasteiger partial charge is 0.240 e. The van der Waals surface area contributed by atoms with Crippen LogP contribution in [-0.4, -0.2) is 20.8 Å². The zero-order chi connectivity index (χ0) is 9.28. The maximum atomic E-state index is 9.10. The Hall–Kier alpha value is 0.790. The third kappa shape index (κ3) is 6.00. The van der Waals surface area contributed by atoms with Crippen molar-refractivity contribution in [3.05, 3.63) is 0 Å². The van der Waals surface area contributed by atoms with Gasteiger partial charge in [0.25, 0.3) is 0 Å². The highest BCUT2D eigenvalue weighted by atomic mass is 35.6. The van der Waals surface area contributed by atoms with E-state index in [4.69, 9.17) is 44.6 Å². The minimum absolute atomic E-state index is 0.524. The molecule has 5 heteroatoms. The van der Waals surface area contributed by atoms with Gasteiger partial charge < -0.3 is 9.84 Å². The van der Waals surface area contributed by atoms with Gasteiger partial charge in [-0.2, -0.15) is 0 Å². The van der Waals surface area contributed by atoms with Crippen molar-refractivity contribution in [2.24, 2.45) is 0 Å². The molecular weight excluding hydrogens is 210 g/mol. The predicted molar refractivity (Wildman–Crippen MR) is 47.1 cm³/mol. The summed E-state index contributed by atoms with van der Waals surface area (Å²) in [6.07, 6.45) is -1.40. The van der Waals surface area contributed by atoms with Crippen molar-refractivity contribution < 1.29 is 9.84 Å².